The van der Waals surface area contributed by atoms with Crippen LogP contribution in [0, 0.1) is 0 Å². The van der Waals surface area contributed by atoms with Crippen molar-refractivity contribution in [1.29, 1.82) is 0 Å². The second-order valence-electron chi connectivity index (χ2n) is 4.97. The van der Waals surface area contributed by atoms with Crippen molar-refractivity contribution < 1.29 is 4.74 Å². The van der Waals surface area contributed by atoms with Crippen molar-refractivity contribution in [3.05, 3.63) is 15.9 Å². The molecule has 1 unspecified atom stereocenters. The van der Waals surface area contributed by atoms with Crippen LogP contribution in [0.15, 0.2) is 4.47 Å². The van der Waals surface area contributed by atoms with Crippen LogP contribution in [-0.4, -0.2) is 54.1 Å². The first-order chi connectivity index (χ1) is 9.15. The van der Waals surface area contributed by atoms with E-state index >= 15 is 0 Å². The van der Waals surface area contributed by atoms with Crippen molar-refractivity contribution in [1.82, 2.24) is 20.0 Å². The Hall–Kier alpha value is -0.430. The number of hydrogen-bond acceptors (Lipinski definition) is 4. The zero-order valence-electron chi connectivity index (χ0n) is 11.9. The third kappa shape index (κ3) is 3.56. The number of hydrogen-bond donors (Lipinski definition) is 1. The number of nitrogens with one attached hydrogen (secondary N) is 1. The molecule has 0 amide bonds. The molecule has 0 bridgehead atoms. The van der Waals surface area contributed by atoms with Gasteiger partial charge in [-0.05, 0) is 29.4 Å². The number of likely N-dealkylation sites (N-methyl/N-ethyl adjacent to an activating group) is 1. The molecule has 1 fully saturated rings. The number of rotatable bonds is 5. The molecule has 19 heavy (non-hydrogen) atoms. The fourth-order valence-corrected chi connectivity index (χ4v) is 3.22. The van der Waals surface area contributed by atoms with Crippen LogP contribution in [0.4, 0.5) is 0 Å². The average molecular weight is 331 g/mol. The summed E-state index contributed by atoms with van der Waals surface area (Å²) in [5, 5.41) is 7.73. The molecule has 0 aromatic carbocycles. The third-order valence-electron chi connectivity index (χ3n) is 3.53. The molecule has 1 aromatic rings. The van der Waals surface area contributed by atoms with Gasteiger partial charge in [0.05, 0.1) is 28.6 Å². The van der Waals surface area contributed by atoms with Crippen LogP contribution in [-0.2, 0) is 24.8 Å². The SMILES string of the molecule is CCc1nn(C)c(CN2CCOC(CNC)C2)c1Br. The Bertz CT molecular complexity index is 419. The fraction of sp³-hybridized carbons (Fsp3) is 0.769. The van der Waals surface area contributed by atoms with Gasteiger partial charge in [-0.3, -0.25) is 9.58 Å². The maximum Gasteiger partial charge on any atom is 0.0826 e. The molecule has 108 valence electrons. The topological polar surface area (TPSA) is 42.3 Å². The Balaban J connectivity index is 2.02. The van der Waals surface area contributed by atoms with E-state index in [9.17, 15) is 0 Å². The van der Waals surface area contributed by atoms with E-state index in [1.54, 1.807) is 0 Å². The average Bonchev–Trinajstić information content (AvgIpc) is 2.67. The largest absolute Gasteiger partial charge is 0.374 e. The molecule has 1 aliphatic heterocycles. The van der Waals surface area contributed by atoms with E-state index in [1.165, 1.54) is 5.69 Å². The number of nitrogens with zero attached hydrogens (tertiary/aromatic N) is 3. The minimum atomic E-state index is 0.288. The summed E-state index contributed by atoms with van der Waals surface area (Å²) in [4.78, 5) is 2.44. The molecule has 0 aliphatic carbocycles. The summed E-state index contributed by atoms with van der Waals surface area (Å²) in [6, 6.07) is 0. The van der Waals surface area contributed by atoms with Crippen LogP contribution in [0.25, 0.3) is 0 Å². The zero-order chi connectivity index (χ0) is 13.8. The summed E-state index contributed by atoms with van der Waals surface area (Å²) in [5.74, 6) is 0. The summed E-state index contributed by atoms with van der Waals surface area (Å²) < 4.78 is 8.89. The van der Waals surface area contributed by atoms with Crippen LogP contribution in [0.5, 0.6) is 0 Å². The smallest absolute Gasteiger partial charge is 0.0826 e. The number of aryl methyl sites for hydroxylation is 2. The highest BCUT2D eigenvalue weighted by Crippen LogP contribution is 2.23. The second-order valence-corrected chi connectivity index (χ2v) is 5.76. The number of morpholine rings is 1. The molecule has 5 nitrogen and oxygen atoms in total. The predicted molar refractivity (Wildman–Crippen MR) is 79.2 cm³/mol. The van der Waals surface area contributed by atoms with Gasteiger partial charge in [0.1, 0.15) is 0 Å². The third-order valence-corrected chi connectivity index (χ3v) is 4.45. The minimum Gasteiger partial charge on any atom is -0.374 e. The van der Waals surface area contributed by atoms with E-state index in [0.717, 1.165) is 49.4 Å². The van der Waals surface area contributed by atoms with Crippen molar-refractivity contribution in [3.63, 3.8) is 0 Å². The lowest BCUT2D eigenvalue weighted by Crippen LogP contribution is -2.45. The monoisotopic (exact) mass is 330 g/mol. The molecule has 0 radical (unpaired) electrons. The fourth-order valence-electron chi connectivity index (χ4n) is 2.48. The molecule has 1 atom stereocenters. The lowest BCUT2D eigenvalue weighted by Gasteiger charge is -2.32. The standard InChI is InChI=1S/C13H23BrN4O/c1-4-11-13(14)12(17(3)16-11)9-18-5-6-19-10(8-18)7-15-2/h10,15H,4-9H2,1-3H3. The number of ether oxygens (including phenoxy) is 1. The van der Waals surface area contributed by atoms with Crippen molar-refractivity contribution in [3.8, 4) is 0 Å². The Morgan fingerprint density at radius 2 is 2.32 bits per heavy atom. The van der Waals surface area contributed by atoms with E-state index in [2.05, 4.69) is 38.2 Å². The molecule has 2 heterocycles. The first-order valence-corrected chi connectivity index (χ1v) is 7.63. The van der Waals surface area contributed by atoms with Gasteiger partial charge in [0.2, 0.25) is 0 Å². The lowest BCUT2D eigenvalue weighted by molar-refractivity contribution is -0.0298. The highest BCUT2D eigenvalue weighted by molar-refractivity contribution is 9.10. The van der Waals surface area contributed by atoms with Crippen LogP contribution in [0.3, 0.4) is 0 Å². The first kappa shape index (κ1) is 15.0. The molecule has 0 saturated carbocycles. The number of aromatic nitrogens is 2. The summed E-state index contributed by atoms with van der Waals surface area (Å²) in [7, 11) is 3.98. The van der Waals surface area contributed by atoms with Gasteiger partial charge in [0, 0.05) is 33.2 Å². The molecule has 6 heteroatoms. The van der Waals surface area contributed by atoms with Gasteiger partial charge in [-0.1, -0.05) is 6.92 Å². The summed E-state index contributed by atoms with van der Waals surface area (Å²) >= 11 is 3.68. The van der Waals surface area contributed by atoms with Gasteiger partial charge in [-0.2, -0.15) is 5.10 Å². The van der Waals surface area contributed by atoms with Crippen molar-refractivity contribution in [2.24, 2.45) is 7.05 Å². The summed E-state index contributed by atoms with van der Waals surface area (Å²) in [6.45, 7) is 6.73. The van der Waals surface area contributed by atoms with E-state index in [0.29, 0.717) is 0 Å². The highest BCUT2D eigenvalue weighted by Gasteiger charge is 2.22. The Morgan fingerprint density at radius 3 is 2.95 bits per heavy atom. The van der Waals surface area contributed by atoms with Crippen LogP contribution in [0.2, 0.25) is 0 Å². The van der Waals surface area contributed by atoms with E-state index in [4.69, 9.17) is 4.74 Å². The molecular formula is C13H23BrN4O. The van der Waals surface area contributed by atoms with Gasteiger partial charge < -0.3 is 10.1 Å². The van der Waals surface area contributed by atoms with Crippen LogP contribution in [0.1, 0.15) is 18.3 Å². The maximum atomic E-state index is 5.73. The van der Waals surface area contributed by atoms with Gasteiger partial charge in [0.25, 0.3) is 0 Å². The molecule has 1 aromatic heterocycles. The predicted octanol–water partition coefficient (Wildman–Crippen LogP) is 1.17. The summed E-state index contributed by atoms with van der Waals surface area (Å²) in [6.07, 6.45) is 1.25. The van der Waals surface area contributed by atoms with Crippen molar-refractivity contribution >= 4 is 15.9 Å². The second kappa shape index (κ2) is 6.83. The minimum absolute atomic E-state index is 0.288. The zero-order valence-corrected chi connectivity index (χ0v) is 13.5. The van der Waals surface area contributed by atoms with Gasteiger partial charge >= 0.3 is 0 Å². The van der Waals surface area contributed by atoms with Crippen molar-refractivity contribution in [2.45, 2.75) is 26.0 Å². The van der Waals surface area contributed by atoms with E-state index in [-0.39, 0.29) is 6.10 Å². The maximum absolute atomic E-state index is 5.73. The Labute approximate surface area is 123 Å². The molecule has 1 N–H and O–H groups in total. The quantitative estimate of drug-likeness (QED) is 0.879. The molecular weight excluding hydrogens is 308 g/mol. The van der Waals surface area contributed by atoms with E-state index in [1.807, 2.05) is 18.8 Å². The van der Waals surface area contributed by atoms with Crippen LogP contribution < -0.4 is 5.32 Å². The first-order valence-electron chi connectivity index (χ1n) is 6.84. The summed E-state index contributed by atoms with van der Waals surface area (Å²) in [5.41, 5.74) is 2.39. The molecule has 2 rings (SSSR count). The van der Waals surface area contributed by atoms with Gasteiger partial charge in [-0.15, -0.1) is 0 Å². The normalized spacial score (nSPS) is 20.9. The van der Waals surface area contributed by atoms with Gasteiger partial charge in [0.15, 0.2) is 0 Å². The van der Waals surface area contributed by atoms with Crippen molar-refractivity contribution in [2.75, 3.05) is 33.3 Å². The molecule has 1 aliphatic rings. The molecule has 1 saturated heterocycles. The highest BCUT2D eigenvalue weighted by atomic mass is 79.9. The van der Waals surface area contributed by atoms with Gasteiger partial charge in [-0.25, -0.2) is 0 Å². The number of halogens is 1. The lowest BCUT2D eigenvalue weighted by atomic mass is 10.2. The Morgan fingerprint density at radius 1 is 1.53 bits per heavy atom. The molecule has 0 spiro atoms. The Kier molecular flexibility index (Phi) is 5.38. The van der Waals surface area contributed by atoms with Crippen LogP contribution >= 0.6 is 15.9 Å². The van der Waals surface area contributed by atoms with E-state index < -0.39 is 0 Å².